The lowest BCUT2D eigenvalue weighted by atomic mass is 10.1. The molecule has 1 aromatic carbocycles. The highest BCUT2D eigenvalue weighted by Gasteiger charge is 2.13. The van der Waals surface area contributed by atoms with E-state index in [2.05, 4.69) is 4.98 Å². The van der Waals surface area contributed by atoms with Gasteiger partial charge in [0.2, 0.25) is 0 Å². The first-order valence-corrected chi connectivity index (χ1v) is 4.78. The summed E-state index contributed by atoms with van der Waals surface area (Å²) in [6.45, 7) is 0. The van der Waals surface area contributed by atoms with Crippen molar-refractivity contribution in [3.8, 4) is 5.75 Å². The second-order valence-electron chi connectivity index (χ2n) is 3.21. The average molecular weight is 217 g/mol. The van der Waals surface area contributed by atoms with E-state index in [1.54, 1.807) is 31.5 Å². The van der Waals surface area contributed by atoms with E-state index in [1.165, 1.54) is 7.11 Å². The zero-order valence-corrected chi connectivity index (χ0v) is 9.06. The van der Waals surface area contributed by atoms with Gasteiger partial charge in [0, 0.05) is 11.6 Å². The van der Waals surface area contributed by atoms with Gasteiger partial charge in [-0.05, 0) is 18.2 Å². The Morgan fingerprint density at radius 3 is 2.75 bits per heavy atom. The fraction of sp³-hybridized carbons (Fsp3) is 0.167. The van der Waals surface area contributed by atoms with Crippen LogP contribution in [-0.4, -0.2) is 25.2 Å². The lowest BCUT2D eigenvalue weighted by Crippen LogP contribution is -2.03. The summed E-state index contributed by atoms with van der Waals surface area (Å²) in [5.74, 6) is 0.268. The van der Waals surface area contributed by atoms with Crippen molar-refractivity contribution >= 4 is 16.9 Å². The first kappa shape index (κ1) is 10.4. The molecule has 16 heavy (non-hydrogen) atoms. The van der Waals surface area contributed by atoms with Gasteiger partial charge in [0.25, 0.3) is 0 Å². The smallest absolute Gasteiger partial charge is 0.338 e. The Morgan fingerprint density at radius 2 is 2.06 bits per heavy atom. The molecule has 4 heteroatoms. The Bertz CT molecular complexity index is 537. The summed E-state index contributed by atoms with van der Waals surface area (Å²) in [6.07, 6.45) is 1.66. The topological polar surface area (TPSA) is 48.4 Å². The van der Waals surface area contributed by atoms with Crippen molar-refractivity contribution in [3.63, 3.8) is 0 Å². The van der Waals surface area contributed by atoms with Gasteiger partial charge in [-0.2, -0.15) is 0 Å². The molecule has 0 saturated carbocycles. The maximum Gasteiger partial charge on any atom is 0.338 e. The first-order chi connectivity index (χ1) is 7.77. The molecule has 1 aromatic heterocycles. The molecule has 0 radical (unpaired) electrons. The Hall–Kier alpha value is -2.10. The fourth-order valence-corrected chi connectivity index (χ4v) is 1.60. The first-order valence-electron chi connectivity index (χ1n) is 4.78. The maximum atomic E-state index is 11.5. The Balaban J connectivity index is 2.74. The number of carbonyl (C=O) groups excluding carboxylic acids is 1. The number of carbonyl (C=O) groups is 1. The van der Waals surface area contributed by atoms with Gasteiger partial charge in [0.05, 0.1) is 19.8 Å². The lowest BCUT2D eigenvalue weighted by molar-refractivity contribution is 0.0603. The van der Waals surface area contributed by atoms with Crippen LogP contribution in [0.3, 0.4) is 0 Å². The van der Waals surface area contributed by atoms with Crippen LogP contribution in [0.2, 0.25) is 0 Å². The van der Waals surface area contributed by atoms with Crippen molar-refractivity contribution in [1.29, 1.82) is 0 Å². The zero-order valence-electron chi connectivity index (χ0n) is 9.06. The summed E-state index contributed by atoms with van der Waals surface area (Å²) >= 11 is 0. The summed E-state index contributed by atoms with van der Waals surface area (Å²) < 4.78 is 9.89. The van der Waals surface area contributed by atoms with Gasteiger partial charge >= 0.3 is 5.97 Å². The second-order valence-corrected chi connectivity index (χ2v) is 3.21. The SMILES string of the molecule is COC(=O)c1ccc(OC)c2ncccc12. The van der Waals surface area contributed by atoms with Gasteiger partial charge in [-0.25, -0.2) is 4.79 Å². The Labute approximate surface area is 92.8 Å². The number of benzene rings is 1. The van der Waals surface area contributed by atoms with Crippen molar-refractivity contribution < 1.29 is 14.3 Å². The van der Waals surface area contributed by atoms with Crippen LogP contribution in [0.5, 0.6) is 5.75 Å². The molecular weight excluding hydrogens is 206 g/mol. The van der Waals surface area contributed by atoms with Crippen molar-refractivity contribution in [2.75, 3.05) is 14.2 Å². The number of rotatable bonds is 2. The molecule has 0 aliphatic carbocycles. The number of aromatic nitrogens is 1. The Morgan fingerprint density at radius 1 is 1.25 bits per heavy atom. The molecule has 0 atom stereocenters. The summed E-state index contributed by atoms with van der Waals surface area (Å²) in [7, 11) is 2.93. The van der Waals surface area contributed by atoms with Crippen LogP contribution in [0.4, 0.5) is 0 Å². The number of nitrogens with zero attached hydrogens (tertiary/aromatic N) is 1. The standard InChI is InChI=1S/C12H11NO3/c1-15-10-6-5-9(12(14)16-2)8-4-3-7-13-11(8)10/h3-7H,1-2H3. The molecule has 1 heterocycles. The number of hydrogen-bond donors (Lipinski definition) is 0. The number of fused-ring (bicyclic) bond motifs is 1. The minimum absolute atomic E-state index is 0.374. The van der Waals surface area contributed by atoms with Crippen LogP contribution in [0.15, 0.2) is 30.5 Å². The molecule has 0 unspecified atom stereocenters. The van der Waals surface area contributed by atoms with Gasteiger partial charge in [-0.15, -0.1) is 0 Å². The molecule has 4 nitrogen and oxygen atoms in total. The van der Waals surface area contributed by atoms with Crippen LogP contribution < -0.4 is 4.74 Å². The fourth-order valence-electron chi connectivity index (χ4n) is 1.60. The molecule has 0 amide bonds. The van der Waals surface area contributed by atoms with Crippen molar-refractivity contribution in [1.82, 2.24) is 4.98 Å². The van der Waals surface area contributed by atoms with Crippen LogP contribution >= 0.6 is 0 Å². The van der Waals surface area contributed by atoms with E-state index < -0.39 is 0 Å². The number of hydrogen-bond acceptors (Lipinski definition) is 4. The van der Waals surface area contributed by atoms with Crippen molar-refractivity contribution in [2.24, 2.45) is 0 Å². The quantitative estimate of drug-likeness (QED) is 0.722. The molecule has 0 aliphatic rings. The number of methoxy groups -OCH3 is 2. The van der Waals surface area contributed by atoms with E-state index in [0.29, 0.717) is 16.8 Å². The van der Waals surface area contributed by atoms with Crippen LogP contribution in [0.1, 0.15) is 10.4 Å². The summed E-state index contributed by atoms with van der Waals surface area (Å²) in [4.78, 5) is 15.7. The zero-order chi connectivity index (χ0) is 11.5. The molecular formula is C12H11NO3. The van der Waals surface area contributed by atoms with E-state index in [9.17, 15) is 4.79 Å². The minimum Gasteiger partial charge on any atom is -0.494 e. The summed E-state index contributed by atoms with van der Waals surface area (Å²) in [5, 5.41) is 0.730. The van der Waals surface area contributed by atoms with E-state index >= 15 is 0 Å². The van der Waals surface area contributed by atoms with Gasteiger partial charge in [-0.3, -0.25) is 4.98 Å². The number of pyridine rings is 1. The van der Waals surface area contributed by atoms with Gasteiger partial charge in [-0.1, -0.05) is 6.07 Å². The van der Waals surface area contributed by atoms with Crippen molar-refractivity contribution in [3.05, 3.63) is 36.0 Å². The molecule has 2 rings (SSSR count). The third-order valence-electron chi connectivity index (χ3n) is 2.36. The van der Waals surface area contributed by atoms with Crippen LogP contribution in [0.25, 0.3) is 10.9 Å². The molecule has 0 N–H and O–H groups in total. The third kappa shape index (κ3) is 1.58. The lowest BCUT2D eigenvalue weighted by Gasteiger charge is -2.07. The van der Waals surface area contributed by atoms with E-state index in [-0.39, 0.29) is 5.97 Å². The predicted octanol–water partition coefficient (Wildman–Crippen LogP) is 2.03. The highest BCUT2D eigenvalue weighted by atomic mass is 16.5. The highest BCUT2D eigenvalue weighted by molar-refractivity contribution is 6.05. The third-order valence-corrected chi connectivity index (χ3v) is 2.36. The van der Waals surface area contributed by atoms with Gasteiger partial charge < -0.3 is 9.47 Å². The highest BCUT2D eigenvalue weighted by Crippen LogP contribution is 2.26. The number of esters is 1. The van der Waals surface area contributed by atoms with E-state index in [4.69, 9.17) is 9.47 Å². The predicted molar refractivity (Wildman–Crippen MR) is 59.6 cm³/mol. The summed E-state index contributed by atoms with van der Waals surface area (Å²) in [6, 6.07) is 6.97. The van der Waals surface area contributed by atoms with Gasteiger partial charge in [0.15, 0.2) is 0 Å². The largest absolute Gasteiger partial charge is 0.494 e. The summed E-state index contributed by atoms with van der Waals surface area (Å²) in [5.41, 5.74) is 1.15. The number of ether oxygens (including phenoxy) is 2. The second kappa shape index (κ2) is 4.18. The normalized spacial score (nSPS) is 10.1. The van der Waals surface area contributed by atoms with E-state index in [0.717, 1.165) is 5.39 Å². The Kier molecular flexibility index (Phi) is 2.72. The maximum absolute atomic E-state index is 11.5. The van der Waals surface area contributed by atoms with Crippen LogP contribution in [0, 0.1) is 0 Å². The molecule has 0 bridgehead atoms. The monoisotopic (exact) mass is 217 g/mol. The molecule has 0 saturated heterocycles. The molecule has 0 spiro atoms. The molecule has 2 aromatic rings. The minimum atomic E-state index is -0.374. The molecule has 82 valence electrons. The van der Waals surface area contributed by atoms with Gasteiger partial charge in [0.1, 0.15) is 11.3 Å². The van der Waals surface area contributed by atoms with Crippen molar-refractivity contribution in [2.45, 2.75) is 0 Å². The molecule has 0 aliphatic heterocycles. The van der Waals surface area contributed by atoms with Crippen LogP contribution in [-0.2, 0) is 4.74 Å². The van der Waals surface area contributed by atoms with E-state index in [1.807, 2.05) is 6.07 Å². The average Bonchev–Trinajstić information content (AvgIpc) is 2.36. The molecule has 0 fully saturated rings.